The van der Waals surface area contributed by atoms with Gasteiger partial charge in [0, 0.05) is 10.6 Å². The van der Waals surface area contributed by atoms with Crippen LogP contribution in [0.25, 0.3) is 32.4 Å². The van der Waals surface area contributed by atoms with E-state index in [4.69, 9.17) is 15.3 Å². The molecule has 0 saturated heterocycles. The molecule has 7 heteroatoms. The average molecular weight is 439 g/mol. The molecule has 1 aromatic carbocycles. The van der Waals surface area contributed by atoms with Gasteiger partial charge in [-0.3, -0.25) is 0 Å². The maximum atomic E-state index is 9.48. The van der Waals surface area contributed by atoms with Gasteiger partial charge in [0.1, 0.15) is 29.5 Å². The lowest BCUT2D eigenvalue weighted by molar-refractivity contribution is 0.415. The van der Waals surface area contributed by atoms with Gasteiger partial charge < -0.3 is 9.30 Å². The molecule has 31 heavy (non-hydrogen) atoms. The Hall–Kier alpha value is -4.09. The van der Waals surface area contributed by atoms with Gasteiger partial charge in [-0.05, 0) is 60.0 Å². The number of thiophene rings is 2. The van der Waals surface area contributed by atoms with Crippen molar-refractivity contribution in [2.75, 3.05) is 7.11 Å². The molecule has 0 aliphatic carbocycles. The number of benzene rings is 1. The quantitative estimate of drug-likeness (QED) is 0.344. The summed E-state index contributed by atoms with van der Waals surface area (Å²) in [5, 5.41) is 29.9. The summed E-state index contributed by atoms with van der Waals surface area (Å²) in [5.74, 6) is 0.776. The summed E-state index contributed by atoms with van der Waals surface area (Å²) in [6.45, 7) is 0. The lowest BCUT2D eigenvalue weighted by Gasteiger charge is -2.13. The third-order valence-electron chi connectivity index (χ3n) is 4.68. The predicted molar refractivity (Wildman–Crippen MR) is 123 cm³/mol. The molecule has 0 N–H and O–H groups in total. The number of methoxy groups -OCH3 is 1. The third kappa shape index (κ3) is 3.74. The second-order valence-electron chi connectivity index (χ2n) is 6.36. The van der Waals surface area contributed by atoms with Crippen molar-refractivity contribution >= 4 is 28.2 Å². The fraction of sp³-hybridized carbons (Fsp3) is 0.0417. The number of nitrogens with zero attached hydrogens (tertiary/aromatic N) is 4. The van der Waals surface area contributed by atoms with Crippen molar-refractivity contribution in [3.05, 3.63) is 76.5 Å². The topological polar surface area (TPSA) is 85.5 Å². The first-order valence-corrected chi connectivity index (χ1v) is 10.8. The minimum atomic E-state index is -0.180. The molecule has 0 aliphatic heterocycles. The van der Waals surface area contributed by atoms with E-state index in [-0.39, 0.29) is 11.1 Å². The van der Waals surface area contributed by atoms with Crippen LogP contribution in [0.4, 0.5) is 0 Å². The zero-order chi connectivity index (χ0) is 21.8. The van der Waals surface area contributed by atoms with Crippen LogP contribution in [0.3, 0.4) is 0 Å². The van der Waals surface area contributed by atoms with Crippen LogP contribution in [-0.4, -0.2) is 11.7 Å². The van der Waals surface area contributed by atoms with Gasteiger partial charge in [0.2, 0.25) is 0 Å². The van der Waals surface area contributed by atoms with Crippen molar-refractivity contribution in [3.63, 3.8) is 0 Å². The number of allylic oxidation sites excluding steroid dienone is 2. The zero-order valence-corrected chi connectivity index (χ0v) is 18.0. The fourth-order valence-corrected chi connectivity index (χ4v) is 5.00. The first kappa shape index (κ1) is 20.2. The molecule has 0 saturated carbocycles. The lowest BCUT2D eigenvalue weighted by Crippen LogP contribution is -1.98. The van der Waals surface area contributed by atoms with Crippen molar-refractivity contribution in [2.24, 2.45) is 0 Å². The summed E-state index contributed by atoms with van der Waals surface area (Å²) in [4.78, 5) is 2.65. The van der Waals surface area contributed by atoms with E-state index in [1.165, 1.54) is 11.3 Å². The van der Waals surface area contributed by atoms with E-state index in [2.05, 4.69) is 16.7 Å². The number of nitriles is 3. The van der Waals surface area contributed by atoms with Crippen LogP contribution in [0.15, 0.2) is 71.6 Å². The Labute approximate surface area is 187 Å². The molecule has 3 aromatic heterocycles. The Bertz CT molecular complexity index is 1370. The molecule has 0 spiro atoms. The molecule has 0 aliphatic rings. The van der Waals surface area contributed by atoms with E-state index in [1.54, 1.807) is 24.5 Å². The van der Waals surface area contributed by atoms with Gasteiger partial charge in [-0.1, -0.05) is 6.07 Å². The Morgan fingerprint density at radius 1 is 0.839 bits per heavy atom. The Morgan fingerprint density at radius 2 is 1.55 bits per heavy atom. The van der Waals surface area contributed by atoms with Gasteiger partial charge in [0.15, 0.2) is 0 Å². The van der Waals surface area contributed by atoms with Gasteiger partial charge in [-0.15, -0.1) is 22.7 Å². The lowest BCUT2D eigenvalue weighted by atomic mass is 10.1. The summed E-state index contributed by atoms with van der Waals surface area (Å²) in [6, 6.07) is 25.3. The van der Waals surface area contributed by atoms with Crippen LogP contribution in [0.1, 0.15) is 4.88 Å². The van der Waals surface area contributed by atoms with E-state index < -0.39 is 0 Å². The number of ether oxygens (including phenoxy) is 1. The molecule has 3 heterocycles. The SMILES string of the molecule is COc1ccc(-n2c(-c3cccs3)ccc2-c2ccc(C(C#N)=C(C#N)C#N)s2)cc1. The van der Waals surface area contributed by atoms with E-state index >= 15 is 0 Å². The van der Waals surface area contributed by atoms with Crippen molar-refractivity contribution < 1.29 is 4.74 Å². The molecule has 148 valence electrons. The number of aromatic nitrogens is 1. The smallest absolute Gasteiger partial charge is 0.148 e. The van der Waals surface area contributed by atoms with Gasteiger partial charge >= 0.3 is 0 Å². The Morgan fingerprint density at radius 3 is 2.13 bits per heavy atom. The van der Waals surface area contributed by atoms with Crippen LogP contribution in [0.2, 0.25) is 0 Å². The van der Waals surface area contributed by atoms with Crippen molar-refractivity contribution in [2.45, 2.75) is 0 Å². The van der Waals surface area contributed by atoms with Crippen molar-refractivity contribution in [1.29, 1.82) is 15.8 Å². The molecule has 0 fully saturated rings. The third-order valence-corrected chi connectivity index (χ3v) is 6.69. The summed E-state index contributed by atoms with van der Waals surface area (Å²) in [5.41, 5.74) is 2.90. The minimum absolute atomic E-state index is 0.0993. The number of hydrogen-bond donors (Lipinski definition) is 0. The molecule has 0 unspecified atom stereocenters. The van der Waals surface area contributed by atoms with Crippen LogP contribution in [0.5, 0.6) is 5.75 Å². The monoisotopic (exact) mass is 438 g/mol. The fourth-order valence-electron chi connectivity index (χ4n) is 3.24. The zero-order valence-electron chi connectivity index (χ0n) is 16.4. The van der Waals surface area contributed by atoms with Gasteiger partial charge in [0.05, 0.1) is 33.8 Å². The largest absolute Gasteiger partial charge is 0.497 e. The molecular weight excluding hydrogens is 424 g/mol. The maximum Gasteiger partial charge on any atom is 0.148 e. The van der Waals surface area contributed by atoms with E-state index in [0.717, 1.165) is 32.6 Å². The second-order valence-corrected chi connectivity index (χ2v) is 8.40. The Balaban J connectivity index is 1.88. The highest BCUT2D eigenvalue weighted by Crippen LogP contribution is 2.39. The molecule has 4 aromatic rings. The number of rotatable bonds is 5. The molecule has 5 nitrogen and oxygen atoms in total. The summed E-state index contributed by atoms with van der Waals surface area (Å²) in [7, 11) is 1.64. The first-order valence-electron chi connectivity index (χ1n) is 9.15. The van der Waals surface area contributed by atoms with Gasteiger partial charge in [-0.2, -0.15) is 15.8 Å². The molecule has 4 rings (SSSR count). The standard InChI is InChI=1S/C24H14N4OS2/c1-29-18-6-4-17(5-7-18)28-20(23-3-2-12-30-23)8-9-21(28)24-11-10-22(31-24)19(15-27)16(13-25)14-26/h2-12H,1H3. The van der Waals surface area contributed by atoms with E-state index in [9.17, 15) is 5.26 Å². The normalized spacial score (nSPS) is 10.0. The van der Waals surface area contributed by atoms with Crippen LogP contribution < -0.4 is 4.74 Å². The molecular formula is C24H14N4OS2. The first-order chi connectivity index (χ1) is 15.2. The summed E-state index contributed by atoms with van der Waals surface area (Å²) >= 11 is 3.04. The maximum absolute atomic E-state index is 9.48. The Kier molecular flexibility index (Phi) is 5.69. The highest BCUT2D eigenvalue weighted by molar-refractivity contribution is 7.16. The van der Waals surface area contributed by atoms with Crippen LogP contribution in [0, 0.1) is 34.0 Å². The highest BCUT2D eigenvalue weighted by atomic mass is 32.1. The highest BCUT2D eigenvalue weighted by Gasteiger charge is 2.18. The van der Waals surface area contributed by atoms with Gasteiger partial charge in [0.25, 0.3) is 0 Å². The van der Waals surface area contributed by atoms with Crippen LogP contribution in [-0.2, 0) is 0 Å². The average Bonchev–Trinajstić information content (AvgIpc) is 3.57. The summed E-state index contributed by atoms with van der Waals surface area (Å²) < 4.78 is 7.45. The van der Waals surface area contributed by atoms with E-state index in [0.29, 0.717) is 4.88 Å². The molecule has 0 atom stereocenters. The van der Waals surface area contributed by atoms with Crippen LogP contribution >= 0.6 is 22.7 Å². The second kappa shape index (κ2) is 8.73. The molecule has 0 bridgehead atoms. The molecule has 0 amide bonds. The van der Waals surface area contributed by atoms with Crippen molar-refractivity contribution in [3.8, 4) is 50.8 Å². The predicted octanol–water partition coefficient (Wildman–Crippen LogP) is 6.27. The molecule has 0 radical (unpaired) electrons. The van der Waals surface area contributed by atoms with E-state index in [1.807, 2.05) is 66.1 Å². The van der Waals surface area contributed by atoms with Gasteiger partial charge in [-0.25, -0.2) is 0 Å². The van der Waals surface area contributed by atoms with Crippen molar-refractivity contribution in [1.82, 2.24) is 4.57 Å². The summed E-state index contributed by atoms with van der Waals surface area (Å²) in [6.07, 6.45) is 0. The minimum Gasteiger partial charge on any atom is -0.497 e. The number of hydrogen-bond acceptors (Lipinski definition) is 6.